The van der Waals surface area contributed by atoms with Crippen LogP contribution in [0.4, 0.5) is 5.82 Å². The van der Waals surface area contributed by atoms with Gasteiger partial charge in [0.15, 0.2) is 0 Å². The van der Waals surface area contributed by atoms with E-state index in [1.807, 2.05) is 0 Å². The standard InChI is InChI=1S/C14H21N3/c1-3-15-13-10-6-4-5-7-12(10)16-14(17-13)11-8-9(11)2/h9,11H,3-8H2,1-2H3,(H,15,16,17). The second-order valence-electron chi connectivity index (χ2n) is 5.41. The molecule has 1 fully saturated rings. The number of nitrogens with zero attached hydrogens (tertiary/aromatic N) is 2. The zero-order valence-corrected chi connectivity index (χ0v) is 10.8. The van der Waals surface area contributed by atoms with Crippen molar-refractivity contribution in [1.82, 2.24) is 9.97 Å². The minimum atomic E-state index is 0.625. The van der Waals surface area contributed by atoms with Crippen LogP contribution < -0.4 is 5.32 Å². The Hall–Kier alpha value is -1.12. The Morgan fingerprint density at radius 3 is 2.71 bits per heavy atom. The molecule has 0 radical (unpaired) electrons. The third-order valence-corrected chi connectivity index (χ3v) is 3.99. The summed E-state index contributed by atoms with van der Waals surface area (Å²) in [5.41, 5.74) is 2.70. The van der Waals surface area contributed by atoms with Crippen LogP contribution in [-0.2, 0) is 12.8 Å². The van der Waals surface area contributed by atoms with Gasteiger partial charge in [0.2, 0.25) is 0 Å². The summed E-state index contributed by atoms with van der Waals surface area (Å²) in [7, 11) is 0. The summed E-state index contributed by atoms with van der Waals surface area (Å²) < 4.78 is 0. The van der Waals surface area contributed by atoms with E-state index in [0.717, 1.165) is 36.9 Å². The maximum Gasteiger partial charge on any atom is 0.134 e. The zero-order chi connectivity index (χ0) is 11.8. The normalized spacial score (nSPS) is 26.5. The van der Waals surface area contributed by atoms with Crippen molar-refractivity contribution in [3.05, 3.63) is 17.1 Å². The molecule has 0 saturated heterocycles. The lowest BCUT2D eigenvalue weighted by Crippen LogP contribution is -2.14. The molecule has 2 atom stereocenters. The molecule has 3 heteroatoms. The van der Waals surface area contributed by atoms with Gasteiger partial charge in [-0.15, -0.1) is 0 Å². The summed E-state index contributed by atoms with van der Waals surface area (Å²) in [6.45, 7) is 5.38. The fourth-order valence-corrected chi connectivity index (χ4v) is 2.77. The fraction of sp³-hybridized carbons (Fsp3) is 0.714. The van der Waals surface area contributed by atoms with Gasteiger partial charge in [0.05, 0.1) is 0 Å². The van der Waals surface area contributed by atoms with E-state index in [-0.39, 0.29) is 0 Å². The molecule has 1 saturated carbocycles. The fourth-order valence-electron chi connectivity index (χ4n) is 2.77. The molecule has 3 rings (SSSR count). The van der Waals surface area contributed by atoms with Gasteiger partial charge in [0.1, 0.15) is 11.6 Å². The van der Waals surface area contributed by atoms with Gasteiger partial charge in [-0.3, -0.25) is 0 Å². The molecule has 17 heavy (non-hydrogen) atoms. The van der Waals surface area contributed by atoms with Crippen molar-refractivity contribution in [3.63, 3.8) is 0 Å². The Morgan fingerprint density at radius 1 is 1.24 bits per heavy atom. The van der Waals surface area contributed by atoms with E-state index in [2.05, 4.69) is 19.2 Å². The zero-order valence-electron chi connectivity index (χ0n) is 10.8. The molecule has 2 aliphatic rings. The average molecular weight is 231 g/mol. The first-order chi connectivity index (χ1) is 8.29. The molecular formula is C14H21N3. The SMILES string of the molecule is CCNc1nc(C2CC2C)nc2c1CCCC2. The van der Waals surface area contributed by atoms with E-state index in [0.29, 0.717) is 5.92 Å². The highest BCUT2D eigenvalue weighted by Gasteiger charge is 2.37. The van der Waals surface area contributed by atoms with Crippen molar-refractivity contribution in [3.8, 4) is 0 Å². The molecule has 1 heterocycles. The third-order valence-electron chi connectivity index (χ3n) is 3.99. The lowest BCUT2D eigenvalue weighted by molar-refractivity contribution is 0.653. The molecule has 0 spiro atoms. The second kappa shape index (κ2) is 4.28. The van der Waals surface area contributed by atoms with Crippen LogP contribution in [0.1, 0.15) is 56.1 Å². The van der Waals surface area contributed by atoms with E-state index >= 15 is 0 Å². The van der Waals surface area contributed by atoms with Crippen LogP contribution in [0.3, 0.4) is 0 Å². The van der Waals surface area contributed by atoms with Crippen molar-refractivity contribution >= 4 is 5.82 Å². The summed E-state index contributed by atoms with van der Waals surface area (Å²) in [6.07, 6.45) is 6.13. The summed E-state index contributed by atoms with van der Waals surface area (Å²) >= 11 is 0. The second-order valence-corrected chi connectivity index (χ2v) is 5.41. The maximum atomic E-state index is 4.82. The van der Waals surface area contributed by atoms with Crippen LogP contribution in [0.5, 0.6) is 0 Å². The Kier molecular flexibility index (Phi) is 2.77. The first-order valence-electron chi connectivity index (χ1n) is 6.93. The number of hydrogen-bond acceptors (Lipinski definition) is 3. The predicted molar refractivity (Wildman–Crippen MR) is 69.4 cm³/mol. The monoisotopic (exact) mass is 231 g/mol. The minimum Gasteiger partial charge on any atom is -0.370 e. The summed E-state index contributed by atoms with van der Waals surface area (Å²) in [5.74, 6) is 3.62. The van der Waals surface area contributed by atoms with E-state index in [4.69, 9.17) is 9.97 Å². The van der Waals surface area contributed by atoms with Gasteiger partial charge in [0, 0.05) is 23.7 Å². The molecule has 92 valence electrons. The highest BCUT2D eigenvalue weighted by molar-refractivity contribution is 5.48. The van der Waals surface area contributed by atoms with Crippen molar-refractivity contribution in [1.29, 1.82) is 0 Å². The minimum absolute atomic E-state index is 0.625. The topological polar surface area (TPSA) is 37.8 Å². The van der Waals surface area contributed by atoms with Gasteiger partial charge in [-0.2, -0.15) is 0 Å². The summed E-state index contributed by atoms with van der Waals surface area (Å²) in [5, 5.41) is 3.42. The molecule has 0 aliphatic heterocycles. The molecule has 1 aromatic rings. The Bertz CT molecular complexity index is 428. The maximum absolute atomic E-state index is 4.82. The molecule has 1 N–H and O–H groups in total. The van der Waals surface area contributed by atoms with Crippen LogP contribution in [0.15, 0.2) is 0 Å². The van der Waals surface area contributed by atoms with Crippen molar-refractivity contribution < 1.29 is 0 Å². The highest BCUT2D eigenvalue weighted by atomic mass is 15.0. The van der Waals surface area contributed by atoms with Crippen molar-refractivity contribution in [2.75, 3.05) is 11.9 Å². The Balaban J connectivity index is 1.99. The number of rotatable bonds is 3. The van der Waals surface area contributed by atoms with Gasteiger partial charge < -0.3 is 5.32 Å². The average Bonchev–Trinajstić information content (AvgIpc) is 3.07. The molecule has 0 aromatic carbocycles. The number of fused-ring (bicyclic) bond motifs is 1. The molecule has 1 aromatic heterocycles. The van der Waals surface area contributed by atoms with E-state index in [1.54, 1.807) is 0 Å². The highest BCUT2D eigenvalue weighted by Crippen LogP contribution is 2.46. The van der Waals surface area contributed by atoms with Gasteiger partial charge in [-0.25, -0.2) is 9.97 Å². The molecule has 0 bridgehead atoms. The molecule has 2 aliphatic carbocycles. The first kappa shape index (κ1) is 11.0. The third kappa shape index (κ3) is 2.03. The Labute approximate surface area is 103 Å². The van der Waals surface area contributed by atoms with Crippen LogP contribution in [-0.4, -0.2) is 16.5 Å². The van der Waals surface area contributed by atoms with Gasteiger partial charge >= 0.3 is 0 Å². The van der Waals surface area contributed by atoms with Crippen LogP contribution in [0.2, 0.25) is 0 Å². The number of nitrogens with one attached hydrogen (secondary N) is 1. The van der Waals surface area contributed by atoms with E-state index in [9.17, 15) is 0 Å². The number of aromatic nitrogens is 2. The van der Waals surface area contributed by atoms with Crippen molar-refractivity contribution in [2.24, 2.45) is 5.92 Å². The van der Waals surface area contributed by atoms with Crippen molar-refractivity contribution in [2.45, 2.75) is 51.9 Å². The van der Waals surface area contributed by atoms with Crippen LogP contribution in [0.25, 0.3) is 0 Å². The van der Waals surface area contributed by atoms with Gasteiger partial charge in [-0.1, -0.05) is 6.92 Å². The van der Waals surface area contributed by atoms with E-state index in [1.165, 1.54) is 30.5 Å². The van der Waals surface area contributed by atoms with Crippen LogP contribution in [0, 0.1) is 5.92 Å². The lowest BCUT2D eigenvalue weighted by Gasteiger charge is -2.19. The number of hydrogen-bond donors (Lipinski definition) is 1. The van der Waals surface area contributed by atoms with Gasteiger partial charge in [-0.05, 0) is 44.9 Å². The summed E-state index contributed by atoms with van der Waals surface area (Å²) in [6, 6.07) is 0. The lowest BCUT2D eigenvalue weighted by atomic mass is 9.96. The molecule has 0 amide bonds. The number of anilines is 1. The van der Waals surface area contributed by atoms with Gasteiger partial charge in [0.25, 0.3) is 0 Å². The van der Waals surface area contributed by atoms with E-state index < -0.39 is 0 Å². The predicted octanol–water partition coefficient (Wildman–Crippen LogP) is 2.91. The largest absolute Gasteiger partial charge is 0.370 e. The Morgan fingerprint density at radius 2 is 2.00 bits per heavy atom. The molecule has 2 unspecified atom stereocenters. The van der Waals surface area contributed by atoms with Crippen LogP contribution >= 0.6 is 0 Å². The quantitative estimate of drug-likeness (QED) is 0.869. The first-order valence-corrected chi connectivity index (χ1v) is 6.93. The molecule has 3 nitrogen and oxygen atoms in total. The number of aryl methyl sites for hydroxylation is 1. The smallest absolute Gasteiger partial charge is 0.134 e. The summed E-state index contributed by atoms with van der Waals surface area (Å²) in [4.78, 5) is 9.58. The molecular weight excluding hydrogens is 210 g/mol.